The van der Waals surface area contributed by atoms with E-state index in [1.807, 2.05) is 0 Å². The van der Waals surface area contributed by atoms with E-state index in [4.69, 9.17) is 13.0 Å². The second kappa shape index (κ2) is 19.6. The van der Waals surface area contributed by atoms with Crippen LogP contribution >= 0.6 is 11.8 Å². The third kappa shape index (κ3) is 11.9. The predicted molar refractivity (Wildman–Crippen MR) is 214 cm³/mol. The average molecular weight is 798 g/mol. The predicted octanol–water partition coefficient (Wildman–Crippen LogP) is 12.1. The molecule has 0 heterocycles. The van der Waals surface area contributed by atoms with E-state index in [0.29, 0.717) is 0 Å². The van der Waals surface area contributed by atoms with Gasteiger partial charge in [-0.3, -0.25) is 0 Å². The van der Waals surface area contributed by atoms with Crippen LogP contribution in [0.2, 0.25) is 0 Å². The zero-order chi connectivity index (χ0) is 38.4. The van der Waals surface area contributed by atoms with E-state index in [9.17, 15) is 13.2 Å². The minimum Gasteiger partial charge on any atom is -0.741 e. The van der Waals surface area contributed by atoms with Crippen molar-refractivity contribution in [1.82, 2.24) is 0 Å². The summed E-state index contributed by atoms with van der Waals surface area (Å²) in [6, 6.07) is 71.5. The summed E-state index contributed by atoms with van der Waals surface area (Å²) in [5.74, 6) is 0. The van der Waals surface area contributed by atoms with E-state index < -0.39 is 15.6 Å². The Morgan fingerprint density at radius 1 is 0.426 bits per heavy atom. The minimum atomic E-state index is -6.09. The number of hydrogen-bond donors (Lipinski definition) is 0. The maximum absolute atomic E-state index is 10.7. The number of halogens is 3. The van der Waals surface area contributed by atoms with Gasteiger partial charge in [-0.05, 0) is 104 Å². The highest BCUT2D eigenvalue weighted by Gasteiger charge is 2.37. The van der Waals surface area contributed by atoms with Crippen molar-refractivity contribution < 1.29 is 26.1 Å². The second-order valence-electron chi connectivity index (χ2n) is 11.5. The maximum Gasteiger partial charge on any atom is 0.485 e. The molecule has 10 heteroatoms. The van der Waals surface area contributed by atoms with E-state index in [-0.39, 0.29) is 21.8 Å². The summed E-state index contributed by atoms with van der Waals surface area (Å²) in [7, 11) is -6.19. The van der Waals surface area contributed by atoms with Crippen LogP contribution in [0, 0.1) is 6.92 Å². The molecule has 54 heavy (non-hydrogen) atoms. The molecule has 0 aliphatic rings. The maximum atomic E-state index is 10.7. The minimum absolute atomic E-state index is 0.0229. The number of hydrogen-bond acceptors (Lipinski definition) is 4. The van der Waals surface area contributed by atoms with Crippen molar-refractivity contribution in [3.8, 4) is 0 Å². The van der Waals surface area contributed by atoms with Crippen molar-refractivity contribution in [2.75, 3.05) is 0 Å². The molecule has 7 aromatic rings. The van der Waals surface area contributed by atoms with Crippen molar-refractivity contribution in [2.24, 2.45) is 0 Å². The van der Waals surface area contributed by atoms with Gasteiger partial charge >= 0.3 is 5.51 Å². The molecule has 3 nitrogen and oxygen atoms in total. The topological polar surface area (TPSA) is 57.2 Å². The fourth-order valence-corrected chi connectivity index (χ4v) is 9.99. The highest BCUT2D eigenvalue weighted by molar-refractivity contribution is 7.99. The van der Waals surface area contributed by atoms with E-state index in [1.165, 1.54) is 44.7 Å². The van der Waals surface area contributed by atoms with E-state index in [1.54, 1.807) is 11.8 Å². The Bertz CT molecular complexity index is 2160. The van der Waals surface area contributed by atoms with Crippen molar-refractivity contribution in [3.63, 3.8) is 0 Å². The Labute approximate surface area is 325 Å². The standard InChI is InChI=1S/C24H19S2.C19H17S.CHF3O3S/c1-4-10-20(11-5-1)25-21-16-18-24(19-17-21)26(22-12-6-2-7-13-22)23-14-8-3-9-15-23;1-16-12-14-19(15-13-16)20(17-8-4-2-5-9-17)18-10-6-3-7-11-18;2-1(3,4)8(5,6)7/h1-19H;2-15H,1H3;(H,5,6,7)/q2*+1;/p-1. The van der Waals surface area contributed by atoms with Crippen LogP contribution in [0.3, 0.4) is 0 Å². The number of rotatable bonds is 8. The van der Waals surface area contributed by atoms with Crippen LogP contribution in [0.4, 0.5) is 13.2 Å². The first-order valence-electron chi connectivity index (χ1n) is 16.6. The molecule has 7 aromatic carbocycles. The normalized spacial score (nSPS) is 11.2. The molecular weight excluding hydrogens is 762 g/mol. The molecule has 0 atom stereocenters. The van der Waals surface area contributed by atoms with E-state index in [0.717, 1.165) is 0 Å². The van der Waals surface area contributed by atoms with Crippen molar-refractivity contribution in [3.05, 3.63) is 206 Å². The quantitative estimate of drug-likeness (QED) is 0.0873. The lowest BCUT2D eigenvalue weighted by molar-refractivity contribution is -0.0517. The largest absolute Gasteiger partial charge is 0.741 e. The van der Waals surface area contributed by atoms with Gasteiger partial charge in [0.2, 0.25) is 0 Å². The molecule has 0 fully saturated rings. The molecule has 0 saturated heterocycles. The van der Waals surface area contributed by atoms with Gasteiger partial charge in [0.15, 0.2) is 39.5 Å². The number of benzene rings is 7. The van der Waals surface area contributed by atoms with Crippen LogP contribution in [0.5, 0.6) is 0 Å². The van der Waals surface area contributed by atoms with Gasteiger partial charge in [0.05, 0.1) is 21.8 Å². The van der Waals surface area contributed by atoms with Crippen LogP contribution in [0.15, 0.2) is 239 Å². The van der Waals surface area contributed by atoms with Gasteiger partial charge in [-0.15, -0.1) is 0 Å². The molecule has 7 rings (SSSR count). The van der Waals surface area contributed by atoms with E-state index in [2.05, 4.69) is 207 Å². The number of alkyl halides is 3. The van der Waals surface area contributed by atoms with Gasteiger partial charge in [-0.2, -0.15) is 13.2 Å². The van der Waals surface area contributed by atoms with E-state index >= 15 is 0 Å². The van der Waals surface area contributed by atoms with Crippen LogP contribution in [0.25, 0.3) is 0 Å². The summed E-state index contributed by atoms with van der Waals surface area (Å²) < 4.78 is 58.9. The Kier molecular flexibility index (Phi) is 14.7. The van der Waals surface area contributed by atoms with Gasteiger partial charge in [-0.1, -0.05) is 120 Å². The zero-order valence-corrected chi connectivity index (χ0v) is 32.3. The Morgan fingerprint density at radius 2 is 0.667 bits per heavy atom. The molecule has 0 unspecified atom stereocenters. The Balaban J connectivity index is 0.000000177. The Hall–Kier alpha value is -4.71. The molecule has 0 spiro atoms. The molecule has 0 aromatic heterocycles. The van der Waals surface area contributed by atoms with Crippen molar-refractivity contribution in [1.29, 1.82) is 0 Å². The van der Waals surface area contributed by atoms with Gasteiger partial charge < -0.3 is 4.55 Å². The SMILES string of the molecule is Cc1ccc([S+](c2ccccc2)c2ccccc2)cc1.O=S(=O)([O-])C(F)(F)F.c1ccc(Sc2ccc([S+](c3ccccc3)c3ccccc3)cc2)cc1. The number of aryl methyl sites for hydroxylation is 1. The fraction of sp³-hybridized carbons (Fsp3) is 0.0455. The highest BCUT2D eigenvalue weighted by atomic mass is 32.2. The van der Waals surface area contributed by atoms with Crippen LogP contribution in [-0.2, 0) is 31.9 Å². The van der Waals surface area contributed by atoms with Gasteiger partial charge in [0.1, 0.15) is 0 Å². The lowest BCUT2D eigenvalue weighted by Crippen LogP contribution is -2.21. The molecule has 0 amide bonds. The third-order valence-corrected chi connectivity index (χ3v) is 13.5. The van der Waals surface area contributed by atoms with Gasteiger partial charge in [0.25, 0.3) is 0 Å². The van der Waals surface area contributed by atoms with Crippen LogP contribution < -0.4 is 0 Å². The second-order valence-corrected chi connectivity index (χ2v) is 18.0. The van der Waals surface area contributed by atoms with Crippen LogP contribution in [-0.4, -0.2) is 18.5 Å². The summed E-state index contributed by atoms with van der Waals surface area (Å²) in [5, 5.41) is 0. The summed E-state index contributed by atoms with van der Waals surface area (Å²) in [4.78, 5) is 10.7. The van der Waals surface area contributed by atoms with Gasteiger partial charge in [-0.25, -0.2) is 8.42 Å². The zero-order valence-electron chi connectivity index (χ0n) is 29.0. The third-order valence-electron chi connectivity index (χ3n) is 7.49. The Morgan fingerprint density at radius 3 is 0.963 bits per heavy atom. The summed E-state index contributed by atoms with van der Waals surface area (Å²) in [6.07, 6.45) is 0. The molecule has 0 aliphatic carbocycles. The molecule has 0 aliphatic heterocycles. The summed E-state index contributed by atoms with van der Waals surface area (Å²) >= 11 is 1.80. The first-order chi connectivity index (χ1) is 26.0. The lowest BCUT2D eigenvalue weighted by Gasteiger charge is -2.08. The van der Waals surface area contributed by atoms with Crippen LogP contribution in [0.1, 0.15) is 5.56 Å². The molecular formula is C44H36F3O3S4+. The van der Waals surface area contributed by atoms with Crippen molar-refractivity contribution >= 4 is 43.7 Å². The molecule has 0 radical (unpaired) electrons. The first-order valence-corrected chi connectivity index (χ1v) is 21.3. The molecule has 0 N–H and O–H groups in total. The average Bonchev–Trinajstić information content (AvgIpc) is 3.18. The lowest BCUT2D eigenvalue weighted by atomic mass is 10.2. The summed E-state index contributed by atoms with van der Waals surface area (Å²) in [6.45, 7) is 2.13. The smallest absolute Gasteiger partial charge is 0.485 e. The monoisotopic (exact) mass is 797 g/mol. The molecule has 0 saturated carbocycles. The van der Waals surface area contributed by atoms with Gasteiger partial charge in [0, 0.05) is 9.79 Å². The highest BCUT2D eigenvalue weighted by Crippen LogP contribution is 2.34. The summed E-state index contributed by atoms with van der Waals surface area (Å²) in [5.41, 5.74) is -4.34. The first kappa shape index (κ1) is 40.5. The molecule has 274 valence electrons. The van der Waals surface area contributed by atoms with Crippen molar-refractivity contribution in [2.45, 2.75) is 51.6 Å². The molecule has 0 bridgehead atoms. The fourth-order valence-electron chi connectivity index (χ4n) is 4.99.